The van der Waals surface area contributed by atoms with Gasteiger partial charge in [0, 0.05) is 12.0 Å². The number of nitrogens with one attached hydrogen (secondary N) is 1. The molecule has 21 heavy (non-hydrogen) atoms. The lowest BCUT2D eigenvalue weighted by Crippen LogP contribution is -2.44. The van der Waals surface area contributed by atoms with Crippen molar-refractivity contribution in [3.05, 3.63) is 35.9 Å². The summed E-state index contributed by atoms with van der Waals surface area (Å²) < 4.78 is 5.96. The molecule has 1 aromatic rings. The number of hydrogen-bond acceptors (Lipinski definition) is 3. The van der Waals surface area contributed by atoms with Gasteiger partial charge in [0.15, 0.2) is 0 Å². The molecule has 3 heteroatoms. The highest BCUT2D eigenvalue weighted by Crippen LogP contribution is 2.42. The molecule has 0 aromatic heterocycles. The third kappa shape index (κ3) is 3.85. The van der Waals surface area contributed by atoms with Crippen molar-refractivity contribution in [3.8, 4) is 0 Å². The summed E-state index contributed by atoms with van der Waals surface area (Å²) in [4.78, 5) is 12.4. The second-order valence-corrected chi connectivity index (χ2v) is 7.38. The Kier molecular flexibility index (Phi) is 4.72. The smallest absolute Gasteiger partial charge is 0.311 e. The number of rotatable bonds is 3. The minimum atomic E-state index is -0.481. The van der Waals surface area contributed by atoms with E-state index in [1.807, 2.05) is 39.0 Å². The fourth-order valence-corrected chi connectivity index (χ4v) is 2.83. The molecule has 2 rings (SSSR count). The number of piperidine rings is 1. The molecule has 0 amide bonds. The van der Waals surface area contributed by atoms with Crippen LogP contribution >= 0.6 is 0 Å². The highest BCUT2D eigenvalue weighted by Gasteiger charge is 2.40. The zero-order chi connectivity index (χ0) is 15.5. The minimum absolute atomic E-state index is 0.0550. The van der Waals surface area contributed by atoms with Crippen LogP contribution in [0.4, 0.5) is 0 Å². The molecular formula is C18H27NO2. The fourth-order valence-electron chi connectivity index (χ4n) is 2.83. The Morgan fingerprint density at radius 3 is 2.48 bits per heavy atom. The Balaban J connectivity index is 2.29. The number of hydrogen-bond donors (Lipinski definition) is 1. The number of carbonyl (C=O) groups is 1. The van der Waals surface area contributed by atoms with Gasteiger partial charge in [0.25, 0.3) is 0 Å². The largest absolute Gasteiger partial charge is 0.456 e. The summed E-state index contributed by atoms with van der Waals surface area (Å²) in [6.07, 6.45) is 1.99. The van der Waals surface area contributed by atoms with Gasteiger partial charge in [-0.05, 0) is 45.7 Å². The van der Waals surface area contributed by atoms with E-state index in [0.717, 1.165) is 31.5 Å². The van der Waals surface area contributed by atoms with Crippen molar-refractivity contribution in [3.63, 3.8) is 0 Å². The standard InChI is InChI=1S/C18H27NO2/c1-17(2,3)16(20)21-15(14-9-6-5-7-10-14)18(4)11-8-12-19-13-18/h5-7,9-10,15,19H,8,11-13H2,1-4H3. The molecule has 1 fully saturated rings. The lowest BCUT2D eigenvalue weighted by atomic mass is 9.75. The molecule has 1 aliphatic heterocycles. The molecule has 1 aromatic carbocycles. The van der Waals surface area contributed by atoms with E-state index in [1.54, 1.807) is 0 Å². The van der Waals surface area contributed by atoms with Crippen LogP contribution in [0.1, 0.15) is 52.2 Å². The van der Waals surface area contributed by atoms with Crippen molar-refractivity contribution in [1.82, 2.24) is 5.32 Å². The molecular weight excluding hydrogens is 262 g/mol. The van der Waals surface area contributed by atoms with Crippen LogP contribution in [0.25, 0.3) is 0 Å². The van der Waals surface area contributed by atoms with Crippen LogP contribution in [-0.4, -0.2) is 19.1 Å². The Morgan fingerprint density at radius 2 is 1.95 bits per heavy atom. The van der Waals surface area contributed by atoms with Crippen LogP contribution in [0, 0.1) is 10.8 Å². The van der Waals surface area contributed by atoms with Gasteiger partial charge in [-0.3, -0.25) is 4.79 Å². The molecule has 0 spiro atoms. The van der Waals surface area contributed by atoms with Gasteiger partial charge in [0.05, 0.1) is 5.41 Å². The highest BCUT2D eigenvalue weighted by molar-refractivity contribution is 5.75. The molecule has 1 aliphatic rings. The third-order valence-corrected chi connectivity index (χ3v) is 4.20. The molecule has 0 radical (unpaired) electrons. The van der Waals surface area contributed by atoms with Gasteiger partial charge in [-0.15, -0.1) is 0 Å². The van der Waals surface area contributed by atoms with Gasteiger partial charge in [-0.25, -0.2) is 0 Å². The molecule has 1 heterocycles. The number of benzene rings is 1. The van der Waals surface area contributed by atoms with Gasteiger partial charge in [-0.1, -0.05) is 37.3 Å². The summed E-state index contributed by atoms with van der Waals surface area (Å²) in [5.41, 5.74) is 0.549. The summed E-state index contributed by atoms with van der Waals surface area (Å²) in [6.45, 7) is 9.84. The minimum Gasteiger partial charge on any atom is -0.456 e. The second-order valence-electron chi connectivity index (χ2n) is 7.38. The van der Waals surface area contributed by atoms with Crippen molar-refractivity contribution in [2.24, 2.45) is 10.8 Å². The topological polar surface area (TPSA) is 38.3 Å². The zero-order valence-electron chi connectivity index (χ0n) is 13.6. The van der Waals surface area contributed by atoms with Crippen LogP contribution in [-0.2, 0) is 9.53 Å². The van der Waals surface area contributed by atoms with E-state index in [2.05, 4.69) is 24.4 Å². The molecule has 0 bridgehead atoms. The third-order valence-electron chi connectivity index (χ3n) is 4.20. The predicted molar refractivity (Wildman–Crippen MR) is 84.9 cm³/mol. The van der Waals surface area contributed by atoms with E-state index in [0.29, 0.717) is 0 Å². The van der Waals surface area contributed by atoms with Gasteiger partial charge >= 0.3 is 5.97 Å². The molecule has 3 nitrogen and oxygen atoms in total. The van der Waals surface area contributed by atoms with E-state index >= 15 is 0 Å². The molecule has 0 saturated carbocycles. The first kappa shape index (κ1) is 16.0. The summed E-state index contributed by atoms with van der Waals surface area (Å²) in [5, 5.41) is 3.45. The SMILES string of the molecule is CC(C)(C)C(=O)OC(c1ccccc1)C1(C)CCCNC1. The first-order valence-electron chi connectivity index (χ1n) is 7.80. The van der Waals surface area contributed by atoms with E-state index in [9.17, 15) is 4.79 Å². The average Bonchev–Trinajstić information content (AvgIpc) is 2.45. The normalized spacial score (nSPS) is 24.4. The van der Waals surface area contributed by atoms with Crippen LogP contribution in [0.5, 0.6) is 0 Å². The highest BCUT2D eigenvalue weighted by atomic mass is 16.5. The zero-order valence-corrected chi connectivity index (χ0v) is 13.6. The van der Waals surface area contributed by atoms with Crippen molar-refractivity contribution in [2.75, 3.05) is 13.1 Å². The second kappa shape index (κ2) is 6.18. The molecule has 116 valence electrons. The Bertz CT molecular complexity index is 470. The van der Waals surface area contributed by atoms with E-state index in [4.69, 9.17) is 4.74 Å². The number of ether oxygens (including phenoxy) is 1. The molecule has 1 N–H and O–H groups in total. The van der Waals surface area contributed by atoms with Gasteiger partial charge in [0.1, 0.15) is 6.10 Å². The molecule has 1 saturated heterocycles. The lowest BCUT2D eigenvalue weighted by molar-refractivity contribution is -0.167. The maximum absolute atomic E-state index is 12.4. The predicted octanol–water partition coefficient (Wildman–Crippen LogP) is 3.71. The average molecular weight is 289 g/mol. The molecule has 2 atom stereocenters. The number of carbonyl (C=O) groups excluding carboxylic acids is 1. The van der Waals surface area contributed by atoms with Crippen LogP contribution < -0.4 is 5.32 Å². The van der Waals surface area contributed by atoms with Gasteiger partial charge in [0.2, 0.25) is 0 Å². The van der Waals surface area contributed by atoms with Crippen molar-refractivity contribution in [2.45, 2.75) is 46.6 Å². The van der Waals surface area contributed by atoms with Crippen molar-refractivity contribution in [1.29, 1.82) is 0 Å². The van der Waals surface area contributed by atoms with E-state index in [-0.39, 0.29) is 17.5 Å². The van der Waals surface area contributed by atoms with Crippen molar-refractivity contribution >= 4 is 5.97 Å². The van der Waals surface area contributed by atoms with Gasteiger partial charge < -0.3 is 10.1 Å². The first-order chi connectivity index (χ1) is 9.83. The number of esters is 1. The maximum atomic E-state index is 12.4. The van der Waals surface area contributed by atoms with Crippen LogP contribution in [0.3, 0.4) is 0 Å². The van der Waals surface area contributed by atoms with Crippen molar-refractivity contribution < 1.29 is 9.53 Å². The summed E-state index contributed by atoms with van der Waals surface area (Å²) in [7, 11) is 0. The Hall–Kier alpha value is -1.35. The summed E-state index contributed by atoms with van der Waals surface area (Å²) in [6, 6.07) is 10.1. The van der Waals surface area contributed by atoms with Crippen LogP contribution in [0.2, 0.25) is 0 Å². The summed E-state index contributed by atoms with van der Waals surface area (Å²) in [5.74, 6) is -0.136. The monoisotopic (exact) mass is 289 g/mol. The maximum Gasteiger partial charge on any atom is 0.311 e. The Labute approximate surface area is 128 Å². The first-order valence-corrected chi connectivity index (χ1v) is 7.80. The summed E-state index contributed by atoms with van der Waals surface area (Å²) >= 11 is 0. The van der Waals surface area contributed by atoms with E-state index < -0.39 is 5.41 Å². The lowest BCUT2D eigenvalue weighted by Gasteiger charge is -2.41. The van der Waals surface area contributed by atoms with Crippen LogP contribution in [0.15, 0.2) is 30.3 Å². The fraction of sp³-hybridized carbons (Fsp3) is 0.611. The van der Waals surface area contributed by atoms with E-state index in [1.165, 1.54) is 0 Å². The molecule has 2 unspecified atom stereocenters. The Morgan fingerprint density at radius 1 is 1.29 bits per heavy atom. The quantitative estimate of drug-likeness (QED) is 0.862. The molecule has 0 aliphatic carbocycles. The van der Waals surface area contributed by atoms with Gasteiger partial charge in [-0.2, -0.15) is 0 Å².